The van der Waals surface area contributed by atoms with Crippen LogP contribution in [0.1, 0.15) is 23.4 Å². The predicted octanol–water partition coefficient (Wildman–Crippen LogP) is 3.41. The van der Waals surface area contributed by atoms with Crippen molar-refractivity contribution in [1.29, 1.82) is 0 Å². The molecule has 19 heavy (non-hydrogen) atoms. The van der Waals surface area contributed by atoms with E-state index in [2.05, 4.69) is 23.4 Å². The largest absolute Gasteiger partial charge is 0.326 e. The summed E-state index contributed by atoms with van der Waals surface area (Å²) >= 11 is 1.74. The van der Waals surface area contributed by atoms with E-state index in [4.69, 9.17) is 5.73 Å². The first kappa shape index (κ1) is 14.2. The van der Waals surface area contributed by atoms with Crippen molar-refractivity contribution >= 4 is 11.3 Å². The molecule has 1 heterocycles. The van der Waals surface area contributed by atoms with Crippen LogP contribution in [0.2, 0.25) is 0 Å². The van der Waals surface area contributed by atoms with Crippen LogP contribution in [0.5, 0.6) is 0 Å². The summed E-state index contributed by atoms with van der Waals surface area (Å²) in [7, 11) is 2.05. The Kier molecular flexibility index (Phi) is 4.69. The Hall–Kier alpha value is -1.23. The molecule has 0 fully saturated rings. The van der Waals surface area contributed by atoms with Gasteiger partial charge in [-0.2, -0.15) is 0 Å². The molecule has 0 saturated heterocycles. The van der Waals surface area contributed by atoms with Crippen molar-refractivity contribution in [1.82, 2.24) is 4.90 Å². The Bertz CT molecular complexity index is 493. The van der Waals surface area contributed by atoms with Gasteiger partial charge in [0, 0.05) is 23.5 Å². The van der Waals surface area contributed by atoms with Crippen molar-refractivity contribution in [2.45, 2.75) is 25.6 Å². The van der Waals surface area contributed by atoms with Gasteiger partial charge in [0.25, 0.3) is 0 Å². The van der Waals surface area contributed by atoms with Gasteiger partial charge in [0.2, 0.25) is 0 Å². The highest BCUT2D eigenvalue weighted by molar-refractivity contribution is 7.09. The number of hydrogen-bond donors (Lipinski definition) is 1. The van der Waals surface area contributed by atoms with Gasteiger partial charge in [0.05, 0.1) is 0 Å². The fourth-order valence-corrected chi connectivity index (χ4v) is 3.13. The number of thiophene rings is 1. The molecule has 0 spiro atoms. The second-order valence-electron chi connectivity index (χ2n) is 4.85. The van der Waals surface area contributed by atoms with E-state index < -0.39 is 0 Å². The van der Waals surface area contributed by atoms with Gasteiger partial charge in [0.15, 0.2) is 0 Å². The lowest BCUT2D eigenvalue weighted by molar-refractivity contribution is 0.212. The molecule has 2 atom stereocenters. The summed E-state index contributed by atoms with van der Waals surface area (Å²) in [6, 6.07) is 10.8. The fourth-order valence-electron chi connectivity index (χ4n) is 2.37. The van der Waals surface area contributed by atoms with Crippen LogP contribution < -0.4 is 5.73 Å². The minimum absolute atomic E-state index is 0.0181. The third kappa shape index (κ3) is 3.62. The predicted molar refractivity (Wildman–Crippen MR) is 78.6 cm³/mol. The Morgan fingerprint density at radius 1 is 1.26 bits per heavy atom. The molecule has 1 aromatic carbocycles. The van der Waals surface area contributed by atoms with Crippen LogP contribution in [-0.4, -0.2) is 18.0 Å². The maximum absolute atomic E-state index is 13.0. The lowest BCUT2D eigenvalue weighted by Gasteiger charge is -2.31. The van der Waals surface area contributed by atoms with Crippen LogP contribution in [0, 0.1) is 5.82 Å². The summed E-state index contributed by atoms with van der Waals surface area (Å²) in [5.41, 5.74) is 7.16. The number of benzene rings is 1. The summed E-state index contributed by atoms with van der Waals surface area (Å²) in [6.07, 6.45) is 0. The molecule has 4 heteroatoms. The van der Waals surface area contributed by atoms with E-state index in [9.17, 15) is 4.39 Å². The first-order valence-corrected chi connectivity index (χ1v) is 7.19. The Morgan fingerprint density at radius 3 is 2.47 bits per heavy atom. The molecule has 0 radical (unpaired) electrons. The van der Waals surface area contributed by atoms with E-state index in [0.717, 1.165) is 12.1 Å². The van der Waals surface area contributed by atoms with Crippen LogP contribution in [0.4, 0.5) is 4.39 Å². The van der Waals surface area contributed by atoms with E-state index in [1.807, 2.05) is 25.1 Å². The van der Waals surface area contributed by atoms with E-state index in [-0.39, 0.29) is 17.9 Å². The molecule has 2 nitrogen and oxygen atoms in total. The molecule has 0 aliphatic heterocycles. The average Bonchev–Trinajstić information content (AvgIpc) is 2.84. The van der Waals surface area contributed by atoms with Crippen molar-refractivity contribution in [3.05, 3.63) is 58.0 Å². The first-order chi connectivity index (χ1) is 9.08. The minimum Gasteiger partial charge on any atom is -0.326 e. The highest BCUT2D eigenvalue weighted by Crippen LogP contribution is 2.25. The quantitative estimate of drug-likeness (QED) is 0.908. The minimum atomic E-state index is -0.215. The molecular weight excluding hydrogens is 259 g/mol. The van der Waals surface area contributed by atoms with Crippen molar-refractivity contribution in [2.24, 2.45) is 5.73 Å². The van der Waals surface area contributed by atoms with Gasteiger partial charge >= 0.3 is 0 Å². The molecule has 0 bridgehead atoms. The highest BCUT2D eigenvalue weighted by Gasteiger charge is 2.21. The van der Waals surface area contributed by atoms with Crippen molar-refractivity contribution in [3.8, 4) is 0 Å². The summed E-state index contributed by atoms with van der Waals surface area (Å²) in [4.78, 5) is 3.51. The SMILES string of the molecule is CC(N)C(c1ccc(F)cc1)N(C)Cc1cccs1. The topological polar surface area (TPSA) is 29.3 Å². The van der Waals surface area contributed by atoms with Gasteiger partial charge < -0.3 is 5.73 Å². The second kappa shape index (κ2) is 6.28. The van der Waals surface area contributed by atoms with Crippen LogP contribution in [0.15, 0.2) is 41.8 Å². The molecule has 0 aliphatic rings. The summed E-state index contributed by atoms with van der Waals surface area (Å²) in [6.45, 7) is 2.83. The lowest BCUT2D eigenvalue weighted by atomic mass is 9.99. The van der Waals surface area contributed by atoms with E-state index >= 15 is 0 Å². The second-order valence-corrected chi connectivity index (χ2v) is 5.88. The first-order valence-electron chi connectivity index (χ1n) is 6.31. The van der Waals surface area contributed by atoms with E-state index in [0.29, 0.717) is 0 Å². The molecule has 1 aromatic heterocycles. The van der Waals surface area contributed by atoms with Crippen molar-refractivity contribution < 1.29 is 4.39 Å². The molecule has 0 aliphatic carbocycles. The third-order valence-corrected chi connectivity index (χ3v) is 4.03. The van der Waals surface area contributed by atoms with Crippen LogP contribution in [0.3, 0.4) is 0 Å². The van der Waals surface area contributed by atoms with Gasteiger partial charge in [-0.15, -0.1) is 11.3 Å². The lowest BCUT2D eigenvalue weighted by Crippen LogP contribution is -2.36. The van der Waals surface area contributed by atoms with Crippen molar-refractivity contribution in [2.75, 3.05) is 7.05 Å². The number of nitrogens with two attached hydrogens (primary N) is 1. The average molecular weight is 278 g/mol. The van der Waals surface area contributed by atoms with Gasteiger partial charge in [0.1, 0.15) is 5.82 Å². The molecule has 2 aromatic rings. The van der Waals surface area contributed by atoms with Crippen LogP contribution >= 0.6 is 11.3 Å². The van der Waals surface area contributed by atoms with Crippen molar-refractivity contribution in [3.63, 3.8) is 0 Å². The molecular formula is C15H19FN2S. The fraction of sp³-hybridized carbons (Fsp3) is 0.333. The van der Waals surface area contributed by atoms with E-state index in [1.54, 1.807) is 11.3 Å². The Labute approximate surface area is 117 Å². The molecule has 102 valence electrons. The third-order valence-electron chi connectivity index (χ3n) is 3.17. The van der Waals surface area contributed by atoms with Gasteiger partial charge in [-0.3, -0.25) is 4.90 Å². The number of likely N-dealkylation sites (N-methyl/N-ethyl adjacent to an activating group) is 1. The summed E-state index contributed by atoms with van der Waals surface area (Å²) in [5, 5.41) is 2.07. The number of halogens is 1. The zero-order valence-corrected chi connectivity index (χ0v) is 12.0. The molecule has 2 rings (SSSR count). The van der Waals surface area contributed by atoms with Crippen LogP contribution in [0.25, 0.3) is 0 Å². The smallest absolute Gasteiger partial charge is 0.123 e. The molecule has 2 unspecified atom stereocenters. The number of hydrogen-bond acceptors (Lipinski definition) is 3. The zero-order valence-electron chi connectivity index (χ0n) is 11.2. The normalized spacial score (nSPS) is 14.6. The van der Waals surface area contributed by atoms with E-state index in [1.165, 1.54) is 17.0 Å². The Morgan fingerprint density at radius 2 is 1.95 bits per heavy atom. The van der Waals surface area contributed by atoms with Crippen LogP contribution in [-0.2, 0) is 6.54 Å². The summed E-state index contributed by atoms with van der Waals surface area (Å²) < 4.78 is 13.0. The molecule has 0 saturated carbocycles. The molecule has 0 amide bonds. The van der Waals surface area contributed by atoms with Gasteiger partial charge in [-0.25, -0.2) is 4.39 Å². The monoisotopic (exact) mass is 278 g/mol. The zero-order chi connectivity index (χ0) is 13.8. The van der Waals surface area contributed by atoms with Gasteiger partial charge in [-0.05, 0) is 43.1 Å². The number of rotatable bonds is 5. The maximum atomic E-state index is 13.0. The molecule has 2 N–H and O–H groups in total. The number of nitrogens with zero attached hydrogens (tertiary/aromatic N) is 1. The summed E-state index contributed by atoms with van der Waals surface area (Å²) in [5.74, 6) is -0.215. The maximum Gasteiger partial charge on any atom is 0.123 e. The standard InChI is InChI=1S/C15H19FN2S/c1-11(17)15(12-5-7-13(16)8-6-12)18(2)10-14-4-3-9-19-14/h3-9,11,15H,10,17H2,1-2H3. The Balaban J connectivity index is 2.17. The highest BCUT2D eigenvalue weighted by atomic mass is 32.1. The van der Waals surface area contributed by atoms with Gasteiger partial charge in [-0.1, -0.05) is 18.2 Å².